The molecule has 0 atom stereocenters. The number of benzene rings is 1. The Bertz CT molecular complexity index is 1070. The van der Waals surface area contributed by atoms with Crippen molar-refractivity contribution in [1.82, 2.24) is 14.8 Å². The fraction of sp³-hybridized carbons (Fsp3) is 0.263. The SMILES string of the molecule is COCCn1cc(C(=O)Nc2cc(NC(C)=O)ccc2OC)c2n[nH]c(=O)c-2c1. The molecule has 0 unspecified atom stereocenters. The van der Waals surface area contributed by atoms with E-state index in [1.54, 1.807) is 42.3 Å². The molecule has 29 heavy (non-hydrogen) atoms. The molecule has 3 N–H and O–H groups in total. The Morgan fingerprint density at radius 2 is 2.00 bits per heavy atom. The zero-order valence-electron chi connectivity index (χ0n) is 16.2. The standard InChI is InChI=1S/C19H21N5O5/c1-11(25)20-12-4-5-16(29-3)15(8-12)21-18(26)13-9-24(6-7-28-2)10-14-17(13)22-23-19(14)27/h4-5,8-10H,6-7H2,1-3H3,(H,20,25)(H,21,26)(H,23,27). The smallest absolute Gasteiger partial charge is 0.275 e. The number of fused-ring (bicyclic) bond motifs is 1. The number of H-pyrrole nitrogens is 1. The van der Waals surface area contributed by atoms with E-state index in [2.05, 4.69) is 20.8 Å². The predicted molar refractivity (Wildman–Crippen MR) is 107 cm³/mol. The summed E-state index contributed by atoms with van der Waals surface area (Å²) in [5.74, 6) is -0.305. The molecule has 10 heteroatoms. The molecular weight excluding hydrogens is 378 g/mol. The molecule has 2 aliphatic heterocycles. The van der Waals surface area contributed by atoms with Gasteiger partial charge in [0.05, 0.1) is 30.5 Å². The summed E-state index contributed by atoms with van der Waals surface area (Å²) in [5.41, 5.74) is 1.26. The van der Waals surface area contributed by atoms with Crippen LogP contribution in [-0.2, 0) is 16.1 Å². The van der Waals surface area contributed by atoms with E-state index < -0.39 is 5.91 Å². The van der Waals surface area contributed by atoms with Gasteiger partial charge in [0.2, 0.25) is 5.91 Å². The number of nitrogens with one attached hydrogen (secondary N) is 3. The van der Waals surface area contributed by atoms with Gasteiger partial charge < -0.3 is 24.7 Å². The first kappa shape index (κ1) is 20.1. The van der Waals surface area contributed by atoms with Crippen molar-refractivity contribution in [2.45, 2.75) is 13.5 Å². The van der Waals surface area contributed by atoms with Crippen LogP contribution in [0.25, 0.3) is 11.3 Å². The molecular formula is C19H21N5O5. The number of aromatic amines is 1. The maximum Gasteiger partial charge on any atom is 0.275 e. The second kappa shape index (κ2) is 8.57. The van der Waals surface area contributed by atoms with Gasteiger partial charge in [0.1, 0.15) is 11.4 Å². The molecule has 1 aromatic carbocycles. The van der Waals surface area contributed by atoms with E-state index in [0.29, 0.717) is 35.8 Å². The van der Waals surface area contributed by atoms with E-state index in [1.807, 2.05) is 0 Å². The number of ether oxygens (including phenoxy) is 2. The molecule has 3 rings (SSSR count). The van der Waals surface area contributed by atoms with E-state index >= 15 is 0 Å². The van der Waals surface area contributed by atoms with Gasteiger partial charge in [-0.15, -0.1) is 0 Å². The quantitative estimate of drug-likeness (QED) is 0.553. The van der Waals surface area contributed by atoms with Crippen LogP contribution in [0.3, 0.4) is 0 Å². The largest absolute Gasteiger partial charge is 0.495 e. The molecule has 1 aromatic rings. The summed E-state index contributed by atoms with van der Waals surface area (Å²) >= 11 is 0. The monoisotopic (exact) mass is 399 g/mol. The third-order valence-electron chi connectivity index (χ3n) is 4.18. The number of aromatic nitrogens is 3. The zero-order valence-corrected chi connectivity index (χ0v) is 16.2. The first-order valence-electron chi connectivity index (χ1n) is 8.77. The summed E-state index contributed by atoms with van der Waals surface area (Å²) < 4.78 is 12.1. The van der Waals surface area contributed by atoms with Crippen molar-refractivity contribution >= 4 is 23.2 Å². The summed E-state index contributed by atoms with van der Waals surface area (Å²) in [7, 11) is 3.04. The van der Waals surface area contributed by atoms with Gasteiger partial charge in [0, 0.05) is 38.7 Å². The summed E-state index contributed by atoms with van der Waals surface area (Å²) in [6.45, 7) is 2.26. The van der Waals surface area contributed by atoms with Gasteiger partial charge >= 0.3 is 0 Å². The van der Waals surface area contributed by atoms with Crippen LogP contribution in [0, 0.1) is 0 Å². The van der Waals surface area contributed by atoms with Gasteiger partial charge in [-0.2, -0.15) is 5.10 Å². The number of amides is 2. The molecule has 0 spiro atoms. The van der Waals surface area contributed by atoms with Crippen molar-refractivity contribution in [1.29, 1.82) is 0 Å². The van der Waals surface area contributed by atoms with Crippen LogP contribution < -0.4 is 20.9 Å². The van der Waals surface area contributed by atoms with E-state index in [1.165, 1.54) is 14.0 Å². The average Bonchev–Trinajstić information content (AvgIpc) is 3.06. The number of carbonyl (C=O) groups excluding carboxylic acids is 2. The Morgan fingerprint density at radius 1 is 1.21 bits per heavy atom. The zero-order chi connectivity index (χ0) is 21.0. The fourth-order valence-electron chi connectivity index (χ4n) is 2.86. The molecule has 0 saturated heterocycles. The number of hydrogen-bond donors (Lipinski definition) is 3. The highest BCUT2D eigenvalue weighted by Gasteiger charge is 2.22. The number of anilines is 2. The van der Waals surface area contributed by atoms with Gasteiger partial charge in [-0.3, -0.25) is 14.4 Å². The predicted octanol–water partition coefficient (Wildman–Crippen LogP) is 1.54. The van der Waals surface area contributed by atoms with Crippen molar-refractivity contribution in [3.8, 4) is 17.0 Å². The normalized spacial score (nSPS) is 10.7. The highest BCUT2D eigenvalue weighted by molar-refractivity contribution is 6.09. The Kier molecular flexibility index (Phi) is 5.93. The summed E-state index contributed by atoms with van der Waals surface area (Å²) in [6.07, 6.45) is 3.22. The second-order valence-corrected chi connectivity index (χ2v) is 6.27. The van der Waals surface area contributed by atoms with Gasteiger partial charge in [0.15, 0.2) is 0 Å². The van der Waals surface area contributed by atoms with Crippen LogP contribution in [-0.4, -0.2) is 47.4 Å². The van der Waals surface area contributed by atoms with Crippen molar-refractivity contribution in [2.24, 2.45) is 0 Å². The molecule has 0 bridgehead atoms. The number of hydrogen-bond acceptors (Lipinski definition) is 6. The minimum atomic E-state index is -0.480. The van der Waals surface area contributed by atoms with E-state index in [9.17, 15) is 14.4 Å². The van der Waals surface area contributed by atoms with Crippen molar-refractivity contribution in [3.63, 3.8) is 0 Å². The number of pyridine rings is 1. The minimum Gasteiger partial charge on any atom is -0.495 e. The summed E-state index contributed by atoms with van der Waals surface area (Å²) in [6, 6.07) is 4.87. The molecule has 2 amide bonds. The van der Waals surface area contributed by atoms with Crippen LogP contribution in [0.1, 0.15) is 17.3 Å². The van der Waals surface area contributed by atoms with Crippen LogP contribution in [0.15, 0.2) is 35.4 Å². The third kappa shape index (κ3) is 4.43. The van der Waals surface area contributed by atoms with Crippen LogP contribution in [0.5, 0.6) is 5.75 Å². The van der Waals surface area contributed by atoms with E-state index in [0.717, 1.165) is 0 Å². The van der Waals surface area contributed by atoms with Gasteiger partial charge in [-0.25, -0.2) is 5.10 Å². The first-order valence-corrected chi connectivity index (χ1v) is 8.77. The molecule has 0 aromatic heterocycles. The molecule has 0 fully saturated rings. The molecule has 0 radical (unpaired) electrons. The van der Waals surface area contributed by atoms with E-state index in [-0.39, 0.29) is 22.7 Å². The molecule has 10 nitrogen and oxygen atoms in total. The highest BCUT2D eigenvalue weighted by atomic mass is 16.5. The van der Waals surface area contributed by atoms with E-state index in [4.69, 9.17) is 9.47 Å². The number of carbonyl (C=O) groups is 2. The first-order chi connectivity index (χ1) is 13.9. The van der Waals surface area contributed by atoms with Crippen LogP contribution >= 0.6 is 0 Å². The maximum absolute atomic E-state index is 13.0. The van der Waals surface area contributed by atoms with Gasteiger partial charge in [-0.05, 0) is 18.2 Å². The average molecular weight is 399 g/mol. The topological polar surface area (TPSA) is 127 Å². The van der Waals surface area contributed by atoms with Crippen molar-refractivity contribution in [3.05, 3.63) is 46.5 Å². The van der Waals surface area contributed by atoms with Gasteiger partial charge in [-0.1, -0.05) is 0 Å². The molecule has 2 heterocycles. The van der Waals surface area contributed by atoms with Crippen molar-refractivity contribution in [2.75, 3.05) is 31.5 Å². The van der Waals surface area contributed by atoms with Crippen molar-refractivity contribution < 1.29 is 19.1 Å². The Balaban J connectivity index is 1.97. The Morgan fingerprint density at radius 3 is 2.69 bits per heavy atom. The lowest BCUT2D eigenvalue weighted by Gasteiger charge is -2.15. The fourth-order valence-corrected chi connectivity index (χ4v) is 2.86. The summed E-state index contributed by atoms with van der Waals surface area (Å²) in [4.78, 5) is 36.4. The molecule has 0 aliphatic carbocycles. The number of rotatable bonds is 7. The van der Waals surface area contributed by atoms with Gasteiger partial charge in [0.25, 0.3) is 11.5 Å². The third-order valence-corrected chi connectivity index (χ3v) is 4.18. The van der Waals surface area contributed by atoms with Crippen LogP contribution in [0.4, 0.5) is 11.4 Å². The number of methoxy groups -OCH3 is 2. The highest BCUT2D eigenvalue weighted by Crippen LogP contribution is 2.29. The lowest BCUT2D eigenvalue weighted by Crippen LogP contribution is -2.18. The lowest BCUT2D eigenvalue weighted by molar-refractivity contribution is -0.114. The lowest BCUT2D eigenvalue weighted by atomic mass is 10.1. The maximum atomic E-state index is 13.0. The Hall–Kier alpha value is -3.66. The number of nitrogens with zero attached hydrogens (tertiary/aromatic N) is 2. The van der Waals surface area contributed by atoms with Crippen LogP contribution in [0.2, 0.25) is 0 Å². The molecule has 152 valence electrons. The minimum absolute atomic E-state index is 0.212. The molecule has 2 aliphatic rings. The Labute approximate surface area is 166 Å². The molecule has 0 saturated carbocycles. The summed E-state index contributed by atoms with van der Waals surface area (Å²) in [5, 5.41) is 11.8. The second-order valence-electron chi connectivity index (χ2n) is 6.27.